The van der Waals surface area contributed by atoms with Gasteiger partial charge in [-0.25, -0.2) is 4.98 Å². The van der Waals surface area contributed by atoms with E-state index in [2.05, 4.69) is 44.4 Å². The molecule has 1 N–H and O–H groups in total. The Balaban J connectivity index is 1.75. The lowest BCUT2D eigenvalue weighted by Crippen LogP contribution is -2.42. The Morgan fingerprint density at radius 3 is 2.82 bits per heavy atom. The fraction of sp³-hybridized carbons (Fsp3) is 0.750. The van der Waals surface area contributed by atoms with Gasteiger partial charge in [0.15, 0.2) is 5.96 Å². The van der Waals surface area contributed by atoms with Gasteiger partial charge in [-0.15, -0.1) is 11.3 Å². The van der Waals surface area contributed by atoms with Crippen LogP contribution in [-0.4, -0.2) is 61.0 Å². The summed E-state index contributed by atoms with van der Waals surface area (Å²) < 4.78 is 0. The van der Waals surface area contributed by atoms with Crippen LogP contribution in [0.2, 0.25) is 0 Å². The van der Waals surface area contributed by atoms with Crippen LogP contribution in [0.15, 0.2) is 10.4 Å². The van der Waals surface area contributed by atoms with E-state index in [1.165, 1.54) is 32.5 Å². The monoisotopic (exact) mass is 323 g/mol. The SMILES string of the molecule is CN=C(NCC(C)CN1CCCC1)N(C)Cc1csc(C)n1. The second kappa shape index (κ2) is 8.48. The van der Waals surface area contributed by atoms with Gasteiger partial charge in [0.1, 0.15) is 0 Å². The van der Waals surface area contributed by atoms with Gasteiger partial charge in [0.05, 0.1) is 17.2 Å². The smallest absolute Gasteiger partial charge is 0.193 e. The van der Waals surface area contributed by atoms with Gasteiger partial charge in [-0.2, -0.15) is 0 Å². The number of rotatable bonds is 6. The molecule has 2 rings (SSSR count). The van der Waals surface area contributed by atoms with Gasteiger partial charge in [0.25, 0.3) is 0 Å². The van der Waals surface area contributed by atoms with Crippen LogP contribution in [0.1, 0.15) is 30.5 Å². The van der Waals surface area contributed by atoms with Crippen LogP contribution in [0.4, 0.5) is 0 Å². The van der Waals surface area contributed by atoms with Crippen molar-refractivity contribution in [3.8, 4) is 0 Å². The van der Waals surface area contributed by atoms with E-state index >= 15 is 0 Å². The molecule has 1 aliphatic rings. The van der Waals surface area contributed by atoms with E-state index in [1.54, 1.807) is 11.3 Å². The molecule has 0 aliphatic carbocycles. The van der Waals surface area contributed by atoms with Crippen molar-refractivity contribution in [3.05, 3.63) is 16.1 Å². The molecular formula is C16H29N5S. The average Bonchev–Trinajstić information content (AvgIpc) is 3.11. The highest BCUT2D eigenvalue weighted by molar-refractivity contribution is 7.09. The number of guanidine groups is 1. The topological polar surface area (TPSA) is 43.8 Å². The van der Waals surface area contributed by atoms with E-state index in [0.717, 1.165) is 29.8 Å². The zero-order valence-corrected chi connectivity index (χ0v) is 15.1. The zero-order chi connectivity index (χ0) is 15.9. The largest absolute Gasteiger partial charge is 0.356 e. The number of hydrogen-bond donors (Lipinski definition) is 1. The molecule has 6 heteroatoms. The Labute approximate surface area is 138 Å². The number of likely N-dealkylation sites (tertiary alicyclic amines) is 1. The number of aromatic nitrogens is 1. The number of aryl methyl sites for hydroxylation is 1. The van der Waals surface area contributed by atoms with Crippen molar-refractivity contribution < 1.29 is 0 Å². The molecule has 1 aromatic rings. The quantitative estimate of drug-likeness (QED) is 0.644. The van der Waals surface area contributed by atoms with Crippen molar-refractivity contribution >= 4 is 17.3 Å². The first-order valence-electron chi connectivity index (χ1n) is 8.13. The summed E-state index contributed by atoms with van der Waals surface area (Å²) in [5, 5.41) is 6.73. The molecule has 1 saturated heterocycles. The minimum atomic E-state index is 0.629. The van der Waals surface area contributed by atoms with Crippen LogP contribution in [0.5, 0.6) is 0 Å². The highest BCUT2D eigenvalue weighted by atomic mass is 32.1. The van der Waals surface area contributed by atoms with E-state index in [1.807, 2.05) is 14.0 Å². The fourth-order valence-corrected chi connectivity index (χ4v) is 3.52. The number of nitrogens with one attached hydrogen (secondary N) is 1. The third-order valence-corrected chi connectivity index (χ3v) is 4.84. The van der Waals surface area contributed by atoms with Gasteiger partial charge in [-0.05, 0) is 38.8 Å². The van der Waals surface area contributed by atoms with Gasteiger partial charge in [0.2, 0.25) is 0 Å². The summed E-state index contributed by atoms with van der Waals surface area (Å²) in [4.78, 5) is 13.6. The van der Waals surface area contributed by atoms with Gasteiger partial charge in [-0.3, -0.25) is 4.99 Å². The first-order valence-corrected chi connectivity index (χ1v) is 9.01. The Bertz CT molecular complexity index is 479. The summed E-state index contributed by atoms with van der Waals surface area (Å²) in [5.74, 6) is 1.57. The van der Waals surface area contributed by atoms with E-state index in [9.17, 15) is 0 Å². The van der Waals surface area contributed by atoms with Crippen molar-refractivity contribution in [1.82, 2.24) is 20.1 Å². The summed E-state index contributed by atoms with van der Waals surface area (Å²) in [7, 11) is 3.91. The molecule has 1 atom stereocenters. The second-order valence-corrected chi connectivity index (χ2v) is 7.32. The molecule has 0 radical (unpaired) electrons. The molecule has 1 fully saturated rings. The van der Waals surface area contributed by atoms with Crippen LogP contribution in [0, 0.1) is 12.8 Å². The van der Waals surface area contributed by atoms with Crippen molar-refractivity contribution in [1.29, 1.82) is 0 Å². The highest BCUT2D eigenvalue weighted by Gasteiger charge is 2.15. The molecule has 5 nitrogen and oxygen atoms in total. The molecule has 0 aromatic carbocycles. The standard InChI is InChI=1S/C16H29N5S/c1-13(10-21-7-5-6-8-21)9-18-16(17-3)20(4)11-15-12-22-14(2)19-15/h12-13H,5-11H2,1-4H3,(H,17,18). The molecular weight excluding hydrogens is 294 g/mol. The number of hydrogen-bond acceptors (Lipinski definition) is 4. The molecule has 1 aromatic heterocycles. The van der Waals surface area contributed by atoms with E-state index in [4.69, 9.17) is 0 Å². The summed E-state index contributed by atoms with van der Waals surface area (Å²) >= 11 is 1.70. The van der Waals surface area contributed by atoms with Gasteiger partial charge in [0, 0.05) is 32.6 Å². The lowest BCUT2D eigenvalue weighted by molar-refractivity contribution is 0.286. The lowest BCUT2D eigenvalue weighted by Gasteiger charge is -2.25. The third kappa shape index (κ3) is 5.25. The maximum Gasteiger partial charge on any atom is 0.193 e. The van der Waals surface area contributed by atoms with Crippen molar-refractivity contribution in [3.63, 3.8) is 0 Å². The minimum absolute atomic E-state index is 0.629. The molecule has 0 bridgehead atoms. The van der Waals surface area contributed by atoms with Crippen molar-refractivity contribution in [2.45, 2.75) is 33.2 Å². The maximum atomic E-state index is 4.52. The summed E-state index contributed by atoms with van der Waals surface area (Å²) in [6, 6.07) is 0. The Hall–Kier alpha value is -1.14. The maximum absolute atomic E-state index is 4.52. The molecule has 0 amide bonds. The average molecular weight is 324 g/mol. The molecule has 124 valence electrons. The Kier molecular flexibility index (Phi) is 6.64. The summed E-state index contributed by atoms with van der Waals surface area (Å²) in [6.45, 7) is 9.82. The molecule has 22 heavy (non-hydrogen) atoms. The molecule has 2 heterocycles. The van der Waals surface area contributed by atoms with E-state index in [-0.39, 0.29) is 0 Å². The lowest BCUT2D eigenvalue weighted by atomic mass is 10.1. The van der Waals surface area contributed by atoms with Crippen LogP contribution < -0.4 is 5.32 Å². The Morgan fingerprint density at radius 1 is 1.50 bits per heavy atom. The van der Waals surface area contributed by atoms with E-state index in [0.29, 0.717) is 5.92 Å². The number of thiazole rings is 1. The predicted octanol–water partition coefficient (Wildman–Crippen LogP) is 2.19. The van der Waals surface area contributed by atoms with Crippen LogP contribution in [-0.2, 0) is 6.54 Å². The van der Waals surface area contributed by atoms with Gasteiger partial charge >= 0.3 is 0 Å². The third-order valence-electron chi connectivity index (χ3n) is 4.02. The number of aliphatic imine (C=N–C) groups is 1. The molecule has 1 aliphatic heterocycles. The second-order valence-electron chi connectivity index (χ2n) is 6.25. The Morgan fingerprint density at radius 2 is 2.23 bits per heavy atom. The summed E-state index contributed by atoms with van der Waals surface area (Å²) in [5.41, 5.74) is 1.11. The highest BCUT2D eigenvalue weighted by Crippen LogP contribution is 2.11. The van der Waals surface area contributed by atoms with Crippen LogP contribution >= 0.6 is 11.3 Å². The first kappa shape index (κ1) is 17.2. The van der Waals surface area contributed by atoms with Crippen molar-refractivity contribution in [2.75, 3.05) is 40.3 Å². The first-order chi connectivity index (χ1) is 10.6. The van der Waals surface area contributed by atoms with Gasteiger partial charge < -0.3 is 15.1 Å². The molecule has 0 spiro atoms. The fourth-order valence-electron chi connectivity index (χ4n) is 2.92. The minimum Gasteiger partial charge on any atom is -0.356 e. The molecule has 1 unspecified atom stereocenters. The predicted molar refractivity (Wildman–Crippen MR) is 94.5 cm³/mol. The molecule has 0 saturated carbocycles. The van der Waals surface area contributed by atoms with Gasteiger partial charge in [-0.1, -0.05) is 6.92 Å². The normalized spacial score (nSPS) is 17.7. The van der Waals surface area contributed by atoms with Crippen LogP contribution in [0.3, 0.4) is 0 Å². The number of nitrogens with zero attached hydrogens (tertiary/aromatic N) is 4. The van der Waals surface area contributed by atoms with Crippen LogP contribution in [0.25, 0.3) is 0 Å². The zero-order valence-electron chi connectivity index (χ0n) is 14.3. The van der Waals surface area contributed by atoms with E-state index < -0.39 is 0 Å². The van der Waals surface area contributed by atoms with Crippen molar-refractivity contribution in [2.24, 2.45) is 10.9 Å². The summed E-state index contributed by atoms with van der Waals surface area (Å²) in [6.07, 6.45) is 2.72.